The number of carbonyl (C=O) groups is 1. The van der Waals surface area contributed by atoms with Crippen LogP contribution in [-0.2, 0) is 0 Å². The predicted octanol–water partition coefficient (Wildman–Crippen LogP) is 3.43. The van der Waals surface area contributed by atoms with Crippen molar-refractivity contribution in [2.24, 2.45) is 5.92 Å². The van der Waals surface area contributed by atoms with Crippen LogP contribution in [0.2, 0.25) is 5.15 Å². The summed E-state index contributed by atoms with van der Waals surface area (Å²) in [6.45, 7) is 2.22. The smallest absolute Gasteiger partial charge is 0.251 e. The van der Waals surface area contributed by atoms with Crippen LogP contribution in [0.1, 0.15) is 49.4 Å². The molecule has 1 aromatic heterocycles. The van der Waals surface area contributed by atoms with Gasteiger partial charge in [-0.2, -0.15) is 0 Å². The maximum Gasteiger partial charge on any atom is 0.251 e. The van der Waals surface area contributed by atoms with E-state index in [1.165, 1.54) is 19.3 Å². The highest BCUT2D eigenvalue weighted by Gasteiger charge is 2.22. The molecule has 18 heavy (non-hydrogen) atoms. The van der Waals surface area contributed by atoms with Gasteiger partial charge in [0.25, 0.3) is 5.91 Å². The van der Waals surface area contributed by atoms with Gasteiger partial charge >= 0.3 is 0 Å². The number of hydrogen-bond donors (Lipinski definition) is 1. The van der Waals surface area contributed by atoms with E-state index in [2.05, 4.69) is 17.2 Å². The Balaban J connectivity index is 1.95. The standard InChI is InChI=1S/C14H19ClN2O/c1-2-10-4-3-5-12(8-10)17-14(18)11-6-7-16-13(15)9-11/h6-7,9-10,12H,2-5,8H2,1H3,(H,17,18). The second kappa shape index (κ2) is 6.19. The van der Waals surface area contributed by atoms with Crippen molar-refractivity contribution in [3.8, 4) is 0 Å². The van der Waals surface area contributed by atoms with Crippen molar-refractivity contribution in [2.75, 3.05) is 0 Å². The molecule has 98 valence electrons. The zero-order valence-electron chi connectivity index (χ0n) is 10.7. The van der Waals surface area contributed by atoms with Crippen molar-refractivity contribution in [1.82, 2.24) is 10.3 Å². The van der Waals surface area contributed by atoms with Crippen molar-refractivity contribution in [3.05, 3.63) is 29.0 Å². The van der Waals surface area contributed by atoms with E-state index in [4.69, 9.17) is 11.6 Å². The molecule has 4 heteroatoms. The topological polar surface area (TPSA) is 42.0 Å². The summed E-state index contributed by atoms with van der Waals surface area (Å²) < 4.78 is 0. The van der Waals surface area contributed by atoms with Gasteiger partial charge in [0.1, 0.15) is 5.15 Å². The second-order valence-corrected chi connectivity index (χ2v) is 5.37. The minimum atomic E-state index is -0.0407. The van der Waals surface area contributed by atoms with Gasteiger partial charge in [-0.15, -0.1) is 0 Å². The van der Waals surface area contributed by atoms with E-state index < -0.39 is 0 Å². The fourth-order valence-electron chi connectivity index (χ4n) is 2.61. The van der Waals surface area contributed by atoms with Gasteiger partial charge in [0.05, 0.1) is 0 Å². The first-order valence-corrected chi connectivity index (χ1v) is 6.99. The number of carbonyl (C=O) groups excluding carboxylic acids is 1. The minimum absolute atomic E-state index is 0.0407. The van der Waals surface area contributed by atoms with Gasteiger partial charge in [-0.05, 0) is 30.9 Å². The first-order chi connectivity index (χ1) is 8.69. The first-order valence-electron chi connectivity index (χ1n) is 6.61. The fraction of sp³-hybridized carbons (Fsp3) is 0.571. The number of rotatable bonds is 3. The summed E-state index contributed by atoms with van der Waals surface area (Å²) in [4.78, 5) is 15.9. The maximum absolute atomic E-state index is 12.1. The van der Waals surface area contributed by atoms with Crippen LogP contribution < -0.4 is 5.32 Å². The quantitative estimate of drug-likeness (QED) is 0.852. The third-order valence-electron chi connectivity index (χ3n) is 3.68. The molecule has 2 unspecified atom stereocenters. The number of hydrogen-bond acceptors (Lipinski definition) is 2. The van der Waals surface area contributed by atoms with Gasteiger partial charge in [-0.25, -0.2) is 4.98 Å². The second-order valence-electron chi connectivity index (χ2n) is 4.98. The molecule has 1 aliphatic rings. The molecule has 2 atom stereocenters. The Morgan fingerprint density at radius 2 is 2.39 bits per heavy atom. The van der Waals surface area contributed by atoms with Crippen LogP contribution in [0.15, 0.2) is 18.3 Å². The van der Waals surface area contributed by atoms with Crippen molar-refractivity contribution >= 4 is 17.5 Å². The molecule has 0 bridgehead atoms. The van der Waals surface area contributed by atoms with Crippen LogP contribution in [-0.4, -0.2) is 16.9 Å². The Kier molecular flexibility index (Phi) is 4.59. The largest absolute Gasteiger partial charge is 0.349 e. The van der Waals surface area contributed by atoms with Crippen LogP contribution in [0.4, 0.5) is 0 Å². The summed E-state index contributed by atoms with van der Waals surface area (Å²) in [5.74, 6) is 0.714. The molecule has 0 aliphatic heterocycles. The number of aromatic nitrogens is 1. The van der Waals surface area contributed by atoms with Crippen LogP contribution in [0.25, 0.3) is 0 Å². The van der Waals surface area contributed by atoms with E-state index in [9.17, 15) is 4.79 Å². The van der Waals surface area contributed by atoms with E-state index in [-0.39, 0.29) is 5.91 Å². The van der Waals surface area contributed by atoms with E-state index in [1.54, 1.807) is 18.3 Å². The Morgan fingerprint density at radius 1 is 1.56 bits per heavy atom. The molecule has 1 saturated carbocycles. The summed E-state index contributed by atoms with van der Waals surface area (Å²) in [6.07, 6.45) is 7.45. The van der Waals surface area contributed by atoms with Gasteiger partial charge in [0.2, 0.25) is 0 Å². The maximum atomic E-state index is 12.1. The Hall–Kier alpha value is -1.09. The molecule has 0 saturated heterocycles. The zero-order chi connectivity index (χ0) is 13.0. The molecule has 1 aromatic rings. The lowest BCUT2D eigenvalue weighted by atomic mass is 9.84. The van der Waals surface area contributed by atoms with Gasteiger partial charge in [-0.1, -0.05) is 37.8 Å². The molecule has 1 amide bonds. The van der Waals surface area contributed by atoms with Crippen LogP contribution >= 0.6 is 11.6 Å². The number of amides is 1. The molecular weight excluding hydrogens is 248 g/mol. The number of pyridine rings is 1. The molecule has 0 aromatic carbocycles. The highest BCUT2D eigenvalue weighted by atomic mass is 35.5. The molecular formula is C14H19ClN2O. The Bertz CT molecular complexity index is 422. The Morgan fingerprint density at radius 3 is 3.11 bits per heavy atom. The average Bonchev–Trinajstić information content (AvgIpc) is 2.39. The van der Waals surface area contributed by atoms with Crippen molar-refractivity contribution < 1.29 is 4.79 Å². The van der Waals surface area contributed by atoms with E-state index >= 15 is 0 Å². The van der Waals surface area contributed by atoms with E-state index in [1.807, 2.05) is 0 Å². The lowest BCUT2D eigenvalue weighted by Crippen LogP contribution is -2.38. The van der Waals surface area contributed by atoms with Crippen molar-refractivity contribution in [1.29, 1.82) is 0 Å². The molecule has 0 radical (unpaired) electrons. The van der Waals surface area contributed by atoms with Gasteiger partial charge in [0, 0.05) is 17.8 Å². The van der Waals surface area contributed by atoms with Gasteiger partial charge in [0.15, 0.2) is 0 Å². The average molecular weight is 267 g/mol. The third-order valence-corrected chi connectivity index (χ3v) is 3.89. The van der Waals surface area contributed by atoms with E-state index in [0.717, 1.165) is 18.8 Å². The highest BCUT2D eigenvalue weighted by molar-refractivity contribution is 6.29. The number of nitrogens with zero attached hydrogens (tertiary/aromatic N) is 1. The number of halogens is 1. The van der Waals surface area contributed by atoms with Crippen LogP contribution in [0.3, 0.4) is 0 Å². The molecule has 1 heterocycles. The number of nitrogens with one attached hydrogen (secondary N) is 1. The molecule has 3 nitrogen and oxygen atoms in total. The lowest BCUT2D eigenvalue weighted by molar-refractivity contribution is 0.0919. The molecule has 0 spiro atoms. The van der Waals surface area contributed by atoms with Crippen LogP contribution in [0.5, 0.6) is 0 Å². The first kappa shape index (κ1) is 13.3. The molecule has 1 aliphatic carbocycles. The van der Waals surface area contributed by atoms with E-state index in [0.29, 0.717) is 16.8 Å². The van der Waals surface area contributed by atoms with Crippen molar-refractivity contribution in [2.45, 2.75) is 45.1 Å². The molecule has 1 fully saturated rings. The van der Waals surface area contributed by atoms with Crippen molar-refractivity contribution in [3.63, 3.8) is 0 Å². The molecule has 1 N–H and O–H groups in total. The van der Waals surface area contributed by atoms with Gasteiger partial charge < -0.3 is 5.32 Å². The Labute approximate surface area is 113 Å². The summed E-state index contributed by atoms with van der Waals surface area (Å²) in [5.41, 5.74) is 0.591. The summed E-state index contributed by atoms with van der Waals surface area (Å²) >= 11 is 5.79. The normalized spacial score (nSPS) is 23.7. The zero-order valence-corrected chi connectivity index (χ0v) is 11.4. The minimum Gasteiger partial charge on any atom is -0.349 e. The summed E-state index contributed by atoms with van der Waals surface area (Å²) in [7, 11) is 0. The predicted molar refractivity (Wildman–Crippen MR) is 72.8 cm³/mol. The molecule has 2 rings (SSSR count). The van der Waals surface area contributed by atoms with Gasteiger partial charge in [-0.3, -0.25) is 4.79 Å². The lowest BCUT2D eigenvalue weighted by Gasteiger charge is -2.29. The van der Waals surface area contributed by atoms with Crippen LogP contribution in [0, 0.1) is 5.92 Å². The SMILES string of the molecule is CCC1CCCC(NC(=O)c2ccnc(Cl)c2)C1. The summed E-state index contributed by atoms with van der Waals surface area (Å²) in [6, 6.07) is 3.61. The third kappa shape index (κ3) is 3.45. The summed E-state index contributed by atoms with van der Waals surface area (Å²) in [5, 5.41) is 3.46. The monoisotopic (exact) mass is 266 g/mol. The highest BCUT2D eigenvalue weighted by Crippen LogP contribution is 2.26. The fourth-order valence-corrected chi connectivity index (χ4v) is 2.78.